The number of hydrogen-bond acceptors (Lipinski definition) is 5. The number of phenolic OH excluding ortho intramolecular Hbond substituents is 2. The number of ketones is 1. The standard InChI is InChI=1S/C21H17NO5S/c23-18-9-11-19(12-10-18)28(26,27)22-17-6-3-5-16(14-17)21(25)13-8-15-4-1-2-7-20(15)24/h1-14,22-24H/b13-8+. The zero-order chi connectivity index (χ0) is 20.1. The van der Waals surface area contributed by atoms with Crippen molar-refractivity contribution in [2.45, 2.75) is 4.90 Å². The lowest BCUT2D eigenvalue weighted by atomic mass is 10.1. The summed E-state index contributed by atoms with van der Waals surface area (Å²) in [6, 6.07) is 17.8. The van der Waals surface area contributed by atoms with Crippen LogP contribution in [0, 0.1) is 0 Å². The first-order valence-corrected chi connectivity index (χ1v) is 9.76. The summed E-state index contributed by atoms with van der Waals surface area (Å²) < 4.78 is 27.3. The van der Waals surface area contributed by atoms with E-state index in [0.717, 1.165) is 0 Å². The molecule has 0 aliphatic heterocycles. The van der Waals surface area contributed by atoms with Crippen molar-refractivity contribution >= 4 is 27.6 Å². The highest BCUT2D eigenvalue weighted by Gasteiger charge is 2.15. The van der Waals surface area contributed by atoms with Crippen molar-refractivity contribution in [1.82, 2.24) is 0 Å². The van der Waals surface area contributed by atoms with Crippen molar-refractivity contribution in [1.29, 1.82) is 0 Å². The lowest BCUT2D eigenvalue weighted by Crippen LogP contribution is -2.13. The van der Waals surface area contributed by atoms with E-state index in [1.165, 1.54) is 54.6 Å². The van der Waals surface area contributed by atoms with Gasteiger partial charge in [0.15, 0.2) is 5.78 Å². The van der Waals surface area contributed by atoms with Gasteiger partial charge in [-0.25, -0.2) is 8.42 Å². The Morgan fingerprint density at radius 3 is 2.32 bits per heavy atom. The van der Waals surface area contributed by atoms with E-state index in [2.05, 4.69) is 4.72 Å². The van der Waals surface area contributed by atoms with Crippen LogP contribution >= 0.6 is 0 Å². The fraction of sp³-hybridized carbons (Fsp3) is 0. The molecular formula is C21H17NO5S. The average molecular weight is 395 g/mol. The molecule has 6 nitrogen and oxygen atoms in total. The van der Waals surface area contributed by atoms with E-state index in [-0.39, 0.29) is 33.4 Å². The largest absolute Gasteiger partial charge is 0.508 e. The Labute approximate surface area is 162 Å². The minimum Gasteiger partial charge on any atom is -0.508 e. The van der Waals surface area contributed by atoms with E-state index in [9.17, 15) is 23.4 Å². The van der Waals surface area contributed by atoms with Crippen molar-refractivity contribution in [3.05, 3.63) is 90.0 Å². The Hall–Kier alpha value is -3.58. The summed E-state index contributed by atoms with van der Waals surface area (Å²) in [6.45, 7) is 0. The van der Waals surface area contributed by atoms with Gasteiger partial charge < -0.3 is 10.2 Å². The zero-order valence-corrected chi connectivity index (χ0v) is 15.4. The summed E-state index contributed by atoms with van der Waals surface area (Å²) in [5.41, 5.74) is 1.02. The molecular weight excluding hydrogens is 378 g/mol. The molecule has 0 radical (unpaired) electrons. The van der Waals surface area contributed by atoms with Crippen molar-refractivity contribution in [2.75, 3.05) is 4.72 Å². The van der Waals surface area contributed by atoms with E-state index >= 15 is 0 Å². The molecule has 3 aromatic carbocycles. The molecule has 0 fully saturated rings. The van der Waals surface area contributed by atoms with E-state index < -0.39 is 10.0 Å². The van der Waals surface area contributed by atoms with Crippen LogP contribution in [-0.2, 0) is 10.0 Å². The fourth-order valence-corrected chi connectivity index (χ4v) is 3.51. The Morgan fingerprint density at radius 1 is 0.893 bits per heavy atom. The molecule has 0 aliphatic carbocycles. The molecule has 0 unspecified atom stereocenters. The normalized spacial score (nSPS) is 11.4. The van der Waals surface area contributed by atoms with E-state index in [0.29, 0.717) is 5.56 Å². The zero-order valence-electron chi connectivity index (χ0n) is 14.6. The van der Waals surface area contributed by atoms with Gasteiger partial charge in [-0.1, -0.05) is 30.3 Å². The molecule has 0 atom stereocenters. The van der Waals surface area contributed by atoms with Crippen molar-refractivity contribution < 1.29 is 23.4 Å². The number of benzene rings is 3. The third-order valence-corrected chi connectivity index (χ3v) is 5.29. The first-order valence-electron chi connectivity index (χ1n) is 8.27. The van der Waals surface area contributed by atoms with E-state index in [4.69, 9.17) is 0 Å². The molecule has 0 saturated carbocycles. The van der Waals surface area contributed by atoms with Crippen LogP contribution in [0.1, 0.15) is 15.9 Å². The van der Waals surface area contributed by atoms with E-state index in [1.807, 2.05) is 0 Å². The molecule has 0 amide bonds. The van der Waals surface area contributed by atoms with Gasteiger partial charge in [0.05, 0.1) is 4.90 Å². The van der Waals surface area contributed by atoms with Gasteiger partial charge in [0.2, 0.25) is 0 Å². The molecule has 7 heteroatoms. The Kier molecular flexibility index (Phi) is 5.47. The smallest absolute Gasteiger partial charge is 0.261 e. The monoisotopic (exact) mass is 395 g/mol. The number of carbonyl (C=O) groups excluding carboxylic acids is 1. The van der Waals surface area contributed by atoms with Gasteiger partial charge in [0.1, 0.15) is 11.5 Å². The summed E-state index contributed by atoms with van der Waals surface area (Å²) in [7, 11) is -3.86. The van der Waals surface area contributed by atoms with Gasteiger partial charge >= 0.3 is 0 Å². The maximum atomic E-state index is 12.4. The molecule has 3 N–H and O–H groups in total. The average Bonchev–Trinajstić information content (AvgIpc) is 2.67. The first-order chi connectivity index (χ1) is 13.3. The van der Waals surface area contributed by atoms with E-state index in [1.54, 1.807) is 30.3 Å². The van der Waals surface area contributed by atoms with Gasteiger partial charge in [-0.15, -0.1) is 0 Å². The van der Waals surface area contributed by atoms with Crippen LogP contribution in [0.15, 0.2) is 83.8 Å². The minimum atomic E-state index is -3.86. The van der Waals surface area contributed by atoms with Gasteiger partial charge in [0, 0.05) is 16.8 Å². The molecule has 0 heterocycles. The number of hydrogen-bond donors (Lipinski definition) is 3. The van der Waals surface area contributed by atoms with Crippen molar-refractivity contribution in [2.24, 2.45) is 0 Å². The Morgan fingerprint density at radius 2 is 1.61 bits per heavy atom. The maximum Gasteiger partial charge on any atom is 0.261 e. The number of phenols is 2. The topological polar surface area (TPSA) is 104 Å². The molecule has 0 saturated heterocycles. The van der Waals surface area contributed by atoms with Crippen LogP contribution in [-0.4, -0.2) is 24.4 Å². The maximum absolute atomic E-state index is 12.4. The molecule has 0 bridgehead atoms. The predicted octanol–water partition coefficient (Wildman–Crippen LogP) is 3.79. The number of aromatic hydroxyl groups is 2. The number of allylic oxidation sites excluding steroid dienone is 1. The van der Waals surface area contributed by atoms with Crippen LogP contribution in [0.4, 0.5) is 5.69 Å². The van der Waals surface area contributed by atoms with Gasteiger partial charge in [-0.2, -0.15) is 0 Å². The van der Waals surface area contributed by atoms with Crippen LogP contribution in [0.2, 0.25) is 0 Å². The van der Waals surface area contributed by atoms with Gasteiger partial charge in [-0.05, 0) is 54.6 Å². The summed E-state index contributed by atoms with van der Waals surface area (Å²) in [5.74, 6) is -0.321. The quantitative estimate of drug-likeness (QED) is 0.435. The van der Waals surface area contributed by atoms with Crippen LogP contribution in [0.5, 0.6) is 11.5 Å². The highest BCUT2D eigenvalue weighted by molar-refractivity contribution is 7.92. The number of carbonyl (C=O) groups is 1. The molecule has 142 valence electrons. The molecule has 28 heavy (non-hydrogen) atoms. The number of para-hydroxylation sites is 1. The second kappa shape index (κ2) is 7.98. The molecule has 0 aromatic heterocycles. The summed E-state index contributed by atoms with van der Waals surface area (Å²) >= 11 is 0. The molecule has 0 spiro atoms. The second-order valence-corrected chi connectivity index (χ2v) is 7.62. The van der Waals surface area contributed by atoms with Crippen LogP contribution < -0.4 is 4.72 Å². The third-order valence-electron chi connectivity index (χ3n) is 3.90. The second-order valence-electron chi connectivity index (χ2n) is 5.94. The summed E-state index contributed by atoms with van der Waals surface area (Å²) in [4.78, 5) is 12.4. The summed E-state index contributed by atoms with van der Waals surface area (Å²) in [6.07, 6.45) is 2.80. The lowest BCUT2D eigenvalue weighted by molar-refractivity contribution is 0.104. The SMILES string of the molecule is O=C(/C=C/c1ccccc1O)c1cccc(NS(=O)(=O)c2ccc(O)cc2)c1. The number of nitrogens with one attached hydrogen (secondary N) is 1. The molecule has 3 aromatic rings. The van der Waals surface area contributed by atoms with Gasteiger partial charge in [0.25, 0.3) is 10.0 Å². The Bertz CT molecular complexity index is 1140. The van der Waals surface area contributed by atoms with Crippen molar-refractivity contribution in [3.8, 4) is 11.5 Å². The number of rotatable bonds is 6. The number of sulfonamides is 1. The first kappa shape index (κ1) is 19.2. The molecule has 0 aliphatic rings. The highest BCUT2D eigenvalue weighted by Crippen LogP contribution is 2.21. The lowest BCUT2D eigenvalue weighted by Gasteiger charge is -2.09. The highest BCUT2D eigenvalue weighted by atomic mass is 32.2. The van der Waals surface area contributed by atoms with Gasteiger partial charge in [-0.3, -0.25) is 9.52 Å². The predicted molar refractivity (Wildman–Crippen MR) is 107 cm³/mol. The number of anilines is 1. The van der Waals surface area contributed by atoms with Crippen LogP contribution in [0.25, 0.3) is 6.08 Å². The van der Waals surface area contributed by atoms with Crippen LogP contribution in [0.3, 0.4) is 0 Å². The third kappa shape index (κ3) is 4.57. The minimum absolute atomic E-state index is 0.0125. The van der Waals surface area contributed by atoms with Crippen molar-refractivity contribution in [3.63, 3.8) is 0 Å². The molecule has 3 rings (SSSR count). The summed E-state index contributed by atoms with van der Waals surface area (Å²) in [5, 5.41) is 19.0. The fourth-order valence-electron chi connectivity index (χ4n) is 2.47. The Balaban J connectivity index is 1.79.